The average molecular weight is 147 g/mol. The van der Waals surface area contributed by atoms with Crippen LogP contribution in [0.25, 0.3) is 0 Å². The topological polar surface area (TPSA) is 67.2 Å². The Bertz CT molecular complexity index is 125. The molecule has 0 aliphatic heterocycles. The summed E-state index contributed by atoms with van der Waals surface area (Å²) >= 11 is 4.41. The molecule has 0 saturated heterocycles. The number of rotatable bonds is 1. The zero-order valence-corrected chi connectivity index (χ0v) is 5.92. The molecule has 0 aromatic carbocycles. The Balaban J connectivity index is 3.28. The van der Waals surface area contributed by atoms with Gasteiger partial charge in [-0.05, 0) is 12.2 Å². The second-order valence-electron chi connectivity index (χ2n) is 1.39. The van der Waals surface area contributed by atoms with Crippen LogP contribution in [0.15, 0.2) is 0 Å². The van der Waals surface area contributed by atoms with Crippen molar-refractivity contribution in [1.29, 1.82) is 0 Å². The van der Waals surface area contributed by atoms with Crippen molar-refractivity contribution in [1.82, 2.24) is 10.9 Å². The Labute approximate surface area is 58.8 Å². The molecule has 0 spiro atoms. The van der Waals surface area contributed by atoms with Crippen molar-refractivity contribution in [3.8, 4) is 0 Å². The number of carbonyl (C=O) groups excluding carboxylic acids is 1. The van der Waals surface area contributed by atoms with Crippen LogP contribution in [-0.4, -0.2) is 11.0 Å². The summed E-state index contributed by atoms with van der Waals surface area (Å²) < 4.78 is 0. The van der Waals surface area contributed by atoms with Crippen LogP contribution in [0.4, 0.5) is 0 Å². The van der Waals surface area contributed by atoms with Crippen molar-refractivity contribution < 1.29 is 4.79 Å². The highest BCUT2D eigenvalue weighted by atomic mass is 32.1. The van der Waals surface area contributed by atoms with Gasteiger partial charge in [0.15, 0.2) is 5.11 Å². The van der Waals surface area contributed by atoms with Crippen LogP contribution < -0.4 is 16.6 Å². The van der Waals surface area contributed by atoms with Gasteiger partial charge in [0.25, 0.3) is 0 Å². The van der Waals surface area contributed by atoms with Gasteiger partial charge < -0.3 is 5.73 Å². The Hall–Kier alpha value is -0.840. The molecule has 0 fully saturated rings. The van der Waals surface area contributed by atoms with E-state index < -0.39 is 0 Å². The van der Waals surface area contributed by atoms with Crippen LogP contribution in [0.1, 0.15) is 13.3 Å². The highest BCUT2D eigenvalue weighted by Gasteiger charge is 1.92. The van der Waals surface area contributed by atoms with Crippen molar-refractivity contribution >= 4 is 23.2 Å². The molecule has 4 nitrogen and oxygen atoms in total. The standard InChI is InChI=1S/C4H9N3OS/c1-2-3(8)6-7-4(5)9/h2H2,1H3,(H,6,8)(H3,5,7,9). The number of thiocarbonyl (C=S) groups is 1. The summed E-state index contributed by atoms with van der Waals surface area (Å²) in [7, 11) is 0. The summed E-state index contributed by atoms with van der Waals surface area (Å²) in [6.45, 7) is 1.73. The number of hydrogen-bond acceptors (Lipinski definition) is 2. The highest BCUT2D eigenvalue weighted by Crippen LogP contribution is 1.69. The van der Waals surface area contributed by atoms with Gasteiger partial charge in [-0.25, -0.2) is 0 Å². The zero-order valence-electron chi connectivity index (χ0n) is 5.10. The zero-order chi connectivity index (χ0) is 7.28. The first-order valence-corrected chi connectivity index (χ1v) is 2.92. The van der Waals surface area contributed by atoms with Gasteiger partial charge in [-0.1, -0.05) is 6.92 Å². The third-order valence-corrected chi connectivity index (χ3v) is 0.748. The highest BCUT2D eigenvalue weighted by molar-refractivity contribution is 7.80. The van der Waals surface area contributed by atoms with E-state index in [4.69, 9.17) is 5.73 Å². The van der Waals surface area contributed by atoms with Gasteiger partial charge in [0, 0.05) is 6.42 Å². The number of hydrogen-bond donors (Lipinski definition) is 3. The number of nitrogens with one attached hydrogen (secondary N) is 2. The van der Waals surface area contributed by atoms with E-state index in [0.717, 1.165) is 0 Å². The lowest BCUT2D eigenvalue weighted by molar-refractivity contribution is -0.121. The molecular weight excluding hydrogens is 138 g/mol. The monoisotopic (exact) mass is 147 g/mol. The maximum atomic E-state index is 10.4. The van der Waals surface area contributed by atoms with Gasteiger partial charge in [-0.3, -0.25) is 15.6 Å². The molecule has 0 rings (SSSR count). The van der Waals surface area contributed by atoms with Gasteiger partial charge in [-0.15, -0.1) is 0 Å². The molecule has 0 aromatic rings. The lowest BCUT2D eigenvalue weighted by Gasteiger charge is -2.02. The normalized spacial score (nSPS) is 8.11. The molecule has 0 heterocycles. The van der Waals surface area contributed by atoms with Gasteiger partial charge in [-0.2, -0.15) is 0 Å². The molecule has 1 amide bonds. The summed E-state index contributed by atoms with van der Waals surface area (Å²) in [6.07, 6.45) is 0.412. The molecule has 4 N–H and O–H groups in total. The van der Waals surface area contributed by atoms with Gasteiger partial charge in [0.05, 0.1) is 0 Å². The molecule has 5 heteroatoms. The van der Waals surface area contributed by atoms with Crippen LogP contribution in [-0.2, 0) is 4.79 Å². The van der Waals surface area contributed by atoms with Gasteiger partial charge in [0.2, 0.25) is 5.91 Å². The summed E-state index contributed by atoms with van der Waals surface area (Å²) in [4.78, 5) is 10.4. The van der Waals surface area contributed by atoms with Crippen LogP contribution >= 0.6 is 12.2 Å². The van der Waals surface area contributed by atoms with Crippen LogP contribution in [0.2, 0.25) is 0 Å². The minimum Gasteiger partial charge on any atom is -0.375 e. The van der Waals surface area contributed by atoms with Crippen molar-refractivity contribution in [2.75, 3.05) is 0 Å². The van der Waals surface area contributed by atoms with E-state index in [9.17, 15) is 4.79 Å². The lowest BCUT2D eigenvalue weighted by Crippen LogP contribution is -2.43. The molecule has 0 aliphatic carbocycles. The van der Waals surface area contributed by atoms with E-state index in [2.05, 4.69) is 23.1 Å². The minimum atomic E-state index is -0.136. The quantitative estimate of drug-likeness (QED) is 0.337. The molecule has 0 aliphatic rings. The fraction of sp³-hybridized carbons (Fsp3) is 0.500. The number of nitrogens with two attached hydrogens (primary N) is 1. The molecule has 0 saturated carbocycles. The van der Waals surface area contributed by atoms with E-state index in [1.54, 1.807) is 6.92 Å². The summed E-state index contributed by atoms with van der Waals surface area (Å²) in [6, 6.07) is 0. The largest absolute Gasteiger partial charge is 0.375 e. The molecule has 0 atom stereocenters. The van der Waals surface area contributed by atoms with Crippen LogP contribution in [0, 0.1) is 0 Å². The third-order valence-electron chi connectivity index (χ3n) is 0.646. The molecular formula is C4H9N3OS. The number of hydrazine groups is 1. The fourth-order valence-corrected chi connectivity index (χ4v) is 0.271. The average Bonchev–Trinajstić information content (AvgIpc) is 1.83. The second kappa shape index (κ2) is 4.08. The summed E-state index contributed by atoms with van der Waals surface area (Å²) in [5.74, 6) is -0.136. The predicted octanol–water partition coefficient (Wildman–Crippen LogP) is -0.739. The number of amides is 1. The minimum absolute atomic E-state index is 0.0665. The van der Waals surface area contributed by atoms with Crippen molar-refractivity contribution in [3.63, 3.8) is 0 Å². The maximum absolute atomic E-state index is 10.4. The van der Waals surface area contributed by atoms with E-state index in [0.29, 0.717) is 6.42 Å². The van der Waals surface area contributed by atoms with Crippen LogP contribution in [0.5, 0.6) is 0 Å². The van der Waals surface area contributed by atoms with E-state index >= 15 is 0 Å². The Morgan fingerprint density at radius 2 is 2.22 bits per heavy atom. The molecule has 9 heavy (non-hydrogen) atoms. The van der Waals surface area contributed by atoms with Crippen molar-refractivity contribution in [2.45, 2.75) is 13.3 Å². The second-order valence-corrected chi connectivity index (χ2v) is 1.83. The first-order valence-electron chi connectivity index (χ1n) is 2.51. The van der Waals surface area contributed by atoms with Crippen molar-refractivity contribution in [3.05, 3.63) is 0 Å². The van der Waals surface area contributed by atoms with Gasteiger partial charge in [0.1, 0.15) is 0 Å². The molecule has 0 aromatic heterocycles. The summed E-state index contributed by atoms with van der Waals surface area (Å²) in [5, 5.41) is 0.0665. The smallest absolute Gasteiger partial charge is 0.238 e. The van der Waals surface area contributed by atoms with E-state index in [1.165, 1.54) is 0 Å². The molecule has 0 radical (unpaired) electrons. The molecule has 0 bridgehead atoms. The Morgan fingerprint density at radius 3 is 2.56 bits per heavy atom. The van der Waals surface area contributed by atoms with E-state index in [1.807, 2.05) is 0 Å². The first kappa shape index (κ1) is 8.16. The Morgan fingerprint density at radius 1 is 1.67 bits per heavy atom. The third kappa shape index (κ3) is 5.02. The first-order chi connectivity index (χ1) is 4.16. The molecule has 52 valence electrons. The number of carbonyl (C=O) groups is 1. The van der Waals surface area contributed by atoms with Crippen LogP contribution in [0.3, 0.4) is 0 Å². The Kier molecular flexibility index (Phi) is 3.70. The van der Waals surface area contributed by atoms with Gasteiger partial charge >= 0.3 is 0 Å². The predicted molar refractivity (Wildman–Crippen MR) is 38.4 cm³/mol. The summed E-state index contributed by atoms with van der Waals surface area (Å²) in [5.41, 5.74) is 9.58. The molecule has 0 unspecified atom stereocenters. The van der Waals surface area contributed by atoms with E-state index in [-0.39, 0.29) is 11.0 Å². The maximum Gasteiger partial charge on any atom is 0.238 e. The lowest BCUT2D eigenvalue weighted by atomic mass is 10.5. The van der Waals surface area contributed by atoms with Crippen molar-refractivity contribution in [2.24, 2.45) is 5.73 Å². The fourth-order valence-electron chi connectivity index (χ4n) is 0.220. The SMILES string of the molecule is CCC(=O)NNC(N)=S.